The van der Waals surface area contributed by atoms with Gasteiger partial charge in [-0.1, -0.05) is 25.4 Å². The van der Waals surface area contributed by atoms with E-state index < -0.39 is 30.9 Å². The molecule has 0 aliphatic carbocycles. The summed E-state index contributed by atoms with van der Waals surface area (Å²) in [5.74, 6) is 0. The van der Waals surface area contributed by atoms with Crippen molar-refractivity contribution in [1.82, 2.24) is 4.72 Å². The van der Waals surface area contributed by atoms with Gasteiger partial charge in [-0.2, -0.15) is 0 Å². The van der Waals surface area contributed by atoms with Crippen molar-refractivity contribution in [2.75, 3.05) is 13.2 Å². The van der Waals surface area contributed by atoms with Crippen LogP contribution in [-0.4, -0.2) is 31.6 Å². The summed E-state index contributed by atoms with van der Waals surface area (Å²) in [7, 11) is -4.04. The fraction of sp³-hybridized carbons (Fsp3) is 0.500. The zero-order chi connectivity index (χ0) is 16.3. The van der Waals surface area contributed by atoms with Gasteiger partial charge in [0.2, 0.25) is 10.0 Å². The maximum Gasteiger partial charge on any atom is 0.290 e. The summed E-state index contributed by atoms with van der Waals surface area (Å²) < 4.78 is 26.7. The molecule has 1 aromatic rings. The minimum absolute atomic E-state index is 0.0513. The third-order valence-corrected chi connectivity index (χ3v) is 4.62. The molecule has 7 nitrogen and oxygen atoms in total. The number of aliphatic hydroxyl groups excluding tert-OH is 1. The molecule has 0 heterocycles. The number of benzene rings is 1. The lowest BCUT2D eigenvalue weighted by Gasteiger charge is -2.23. The zero-order valence-corrected chi connectivity index (χ0v) is 13.2. The molecular weight excluding hydrogens is 320 g/mol. The Hall–Kier alpha value is -1.22. The van der Waals surface area contributed by atoms with Crippen LogP contribution in [0, 0.1) is 15.5 Å². The molecule has 9 heteroatoms. The molecular formula is C12H17ClN2O5S. The molecule has 0 amide bonds. The molecule has 0 saturated heterocycles. The number of halogens is 1. The number of nitro groups is 1. The molecule has 0 aliphatic heterocycles. The molecule has 0 fully saturated rings. The standard InChI is InChI=1S/C12H17ClN2O5S/c1-12(2,5-6-16)8-14-21(19,20)11-4-3-9(13)7-10(11)15(17)18/h3-4,7,14,16H,5-6,8H2,1-2H3. The maximum atomic E-state index is 12.2. The summed E-state index contributed by atoms with van der Waals surface area (Å²) in [6.07, 6.45) is 0.401. The minimum Gasteiger partial charge on any atom is -0.396 e. The van der Waals surface area contributed by atoms with E-state index in [1.165, 1.54) is 6.07 Å². The number of hydrogen-bond donors (Lipinski definition) is 2. The lowest BCUT2D eigenvalue weighted by atomic mass is 9.90. The fourth-order valence-corrected chi connectivity index (χ4v) is 3.18. The van der Waals surface area contributed by atoms with E-state index in [9.17, 15) is 18.5 Å². The van der Waals surface area contributed by atoms with Crippen molar-refractivity contribution in [3.8, 4) is 0 Å². The molecule has 0 saturated carbocycles. The number of aliphatic hydroxyl groups is 1. The number of rotatable bonds is 7. The van der Waals surface area contributed by atoms with Gasteiger partial charge in [-0.25, -0.2) is 13.1 Å². The van der Waals surface area contributed by atoms with Gasteiger partial charge in [-0.3, -0.25) is 10.1 Å². The highest BCUT2D eigenvalue weighted by molar-refractivity contribution is 7.89. The Bertz CT molecular complexity index is 631. The van der Waals surface area contributed by atoms with Crippen LogP contribution in [0.4, 0.5) is 5.69 Å². The smallest absolute Gasteiger partial charge is 0.290 e. The van der Waals surface area contributed by atoms with Gasteiger partial charge in [-0.15, -0.1) is 0 Å². The first-order chi connectivity index (χ1) is 9.59. The van der Waals surface area contributed by atoms with Crippen molar-refractivity contribution in [3.63, 3.8) is 0 Å². The third-order valence-electron chi connectivity index (χ3n) is 2.94. The molecule has 1 rings (SSSR count). The molecule has 0 unspecified atom stereocenters. The summed E-state index contributed by atoms with van der Waals surface area (Å²) >= 11 is 5.65. The first-order valence-corrected chi connectivity index (χ1v) is 8.00. The molecule has 0 bridgehead atoms. The van der Waals surface area contributed by atoms with E-state index >= 15 is 0 Å². The van der Waals surface area contributed by atoms with Crippen molar-refractivity contribution in [1.29, 1.82) is 0 Å². The van der Waals surface area contributed by atoms with Gasteiger partial charge >= 0.3 is 0 Å². The summed E-state index contributed by atoms with van der Waals surface area (Å²) in [5.41, 5.74) is -1.04. The summed E-state index contributed by atoms with van der Waals surface area (Å²) in [5, 5.41) is 19.9. The predicted molar refractivity (Wildman–Crippen MR) is 78.8 cm³/mol. The first kappa shape index (κ1) is 17.8. The highest BCUT2D eigenvalue weighted by atomic mass is 35.5. The van der Waals surface area contributed by atoms with E-state index in [0.29, 0.717) is 6.42 Å². The van der Waals surface area contributed by atoms with Gasteiger partial charge in [-0.05, 0) is 24.0 Å². The van der Waals surface area contributed by atoms with Crippen LogP contribution < -0.4 is 4.72 Å². The van der Waals surface area contributed by atoms with Crippen LogP contribution in [0.25, 0.3) is 0 Å². The van der Waals surface area contributed by atoms with E-state index in [4.69, 9.17) is 16.7 Å². The van der Waals surface area contributed by atoms with Crippen LogP contribution >= 0.6 is 11.6 Å². The summed E-state index contributed by atoms with van der Waals surface area (Å²) in [6.45, 7) is 3.54. The van der Waals surface area contributed by atoms with Crippen LogP contribution in [0.15, 0.2) is 23.1 Å². The molecule has 0 atom stereocenters. The van der Waals surface area contributed by atoms with Crippen molar-refractivity contribution in [3.05, 3.63) is 33.3 Å². The second kappa shape index (κ2) is 6.69. The van der Waals surface area contributed by atoms with E-state index in [1.807, 2.05) is 0 Å². The Balaban J connectivity index is 3.07. The minimum atomic E-state index is -4.04. The Morgan fingerprint density at radius 1 is 1.43 bits per heavy atom. The number of nitro benzene ring substituents is 1. The number of nitrogens with one attached hydrogen (secondary N) is 1. The summed E-state index contributed by atoms with van der Waals surface area (Å²) in [6, 6.07) is 3.37. The number of sulfonamides is 1. The second-order valence-corrected chi connectivity index (χ2v) is 7.50. The van der Waals surface area contributed by atoms with Crippen LogP contribution in [0.2, 0.25) is 5.02 Å². The average Bonchev–Trinajstić information content (AvgIpc) is 2.36. The van der Waals surface area contributed by atoms with Gasteiger partial charge in [0, 0.05) is 24.2 Å². The predicted octanol–water partition coefficient (Wildman–Crippen LogP) is 1.94. The normalized spacial score (nSPS) is 12.4. The molecule has 0 aromatic heterocycles. The van der Waals surface area contributed by atoms with Crippen molar-refractivity contribution < 1.29 is 18.4 Å². The van der Waals surface area contributed by atoms with Crippen LogP contribution in [-0.2, 0) is 10.0 Å². The maximum absolute atomic E-state index is 12.2. The van der Waals surface area contributed by atoms with Gasteiger partial charge in [0.15, 0.2) is 4.90 Å². The SMILES string of the molecule is CC(C)(CCO)CNS(=O)(=O)c1ccc(Cl)cc1[N+](=O)[O-]. The van der Waals surface area contributed by atoms with Crippen LogP contribution in [0.3, 0.4) is 0 Å². The lowest BCUT2D eigenvalue weighted by molar-refractivity contribution is -0.387. The quantitative estimate of drug-likeness (QED) is 0.584. The molecule has 1 aromatic carbocycles. The Morgan fingerprint density at radius 3 is 2.57 bits per heavy atom. The third kappa shape index (κ3) is 4.92. The molecule has 21 heavy (non-hydrogen) atoms. The second-order valence-electron chi connectivity index (χ2n) is 5.33. The van der Waals surface area contributed by atoms with Crippen molar-refractivity contribution in [2.24, 2.45) is 5.41 Å². The highest BCUT2D eigenvalue weighted by Crippen LogP contribution is 2.27. The fourth-order valence-electron chi connectivity index (χ4n) is 1.62. The number of hydrogen-bond acceptors (Lipinski definition) is 5. The van der Waals surface area contributed by atoms with Crippen molar-refractivity contribution in [2.45, 2.75) is 25.2 Å². The molecule has 118 valence electrons. The van der Waals surface area contributed by atoms with Gasteiger partial charge in [0.05, 0.1) is 4.92 Å². The largest absolute Gasteiger partial charge is 0.396 e. The van der Waals surface area contributed by atoms with Gasteiger partial charge < -0.3 is 5.11 Å². The topological polar surface area (TPSA) is 110 Å². The van der Waals surface area contributed by atoms with E-state index in [0.717, 1.165) is 12.1 Å². The molecule has 0 radical (unpaired) electrons. The summed E-state index contributed by atoms with van der Waals surface area (Å²) in [4.78, 5) is 9.72. The zero-order valence-electron chi connectivity index (χ0n) is 11.7. The lowest BCUT2D eigenvalue weighted by Crippen LogP contribution is -2.34. The molecule has 0 spiro atoms. The van der Waals surface area contributed by atoms with Gasteiger partial charge in [0.25, 0.3) is 5.69 Å². The first-order valence-electron chi connectivity index (χ1n) is 6.13. The van der Waals surface area contributed by atoms with Crippen LogP contribution in [0.1, 0.15) is 20.3 Å². The Kier molecular flexibility index (Phi) is 5.68. The van der Waals surface area contributed by atoms with Gasteiger partial charge in [0.1, 0.15) is 0 Å². The highest BCUT2D eigenvalue weighted by Gasteiger charge is 2.28. The average molecular weight is 337 g/mol. The molecule has 2 N–H and O–H groups in total. The van der Waals surface area contributed by atoms with E-state index in [2.05, 4.69) is 4.72 Å². The Labute approximate surface area is 128 Å². The molecule has 0 aliphatic rings. The van der Waals surface area contributed by atoms with E-state index in [-0.39, 0.29) is 18.2 Å². The van der Waals surface area contributed by atoms with E-state index in [1.54, 1.807) is 13.8 Å². The Morgan fingerprint density at radius 2 is 2.05 bits per heavy atom. The van der Waals surface area contributed by atoms with Crippen molar-refractivity contribution >= 4 is 27.3 Å². The number of nitrogens with zero attached hydrogens (tertiary/aromatic N) is 1. The van der Waals surface area contributed by atoms with Crippen LogP contribution in [0.5, 0.6) is 0 Å². The monoisotopic (exact) mass is 336 g/mol.